The number of thioether (sulfide) groups is 1. The highest BCUT2D eigenvalue weighted by molar-refractivity contribution is 8.00. The first-order valence-corrected chi connectivity index (χ1v) is 7.21. The van der Waals surface area contributed by atoms with Crippen LogP contribution in [0.4, 0.5) is 11.4 Å². The lowest BCUT2D eigenvalue weighted by Gasteiger charge is -2.06. The fourth-order valence-electron chi connectivity index (χ4n) is 1.67. The molecule has 2 rings (SSSR count). The minimum Gasteiger partial charge on any atom is -0.399 e. The summed E-state index contributed by atoms with van der Waals surface area (Å²) < 4.78 is 0. The molecule has 0 radical (unpaired) electrons. The minimum absolute atomic E-state index is 0.130. The van der Waals surface area contributed by atoms with Gasteiger partial charge in [-0.15, -0.1) is 11.8 Å². The third kappa shape index (κ3) is 4.54. The molecule has 0 spiro atoms. The standard InChI is InChI=1S/C15H15N3O2S/c16-11-2-1-3-13(8-11)21-9-14(19)18-12-6-4-10(5-7-12)15(17)20/h1-8H,9,16H2,(H2,17,20)(H,18,19). The molecule has 0 aliphatic carbocycles. The number of rotatable bonds is 5. The van der Waals surface area contributed by atoms with E-state index >= 15 is 0 Å². The molecule has 0 saturated heterocycles. The Morgan fingerprint density at radius 3 is 2.43 bits per heavy atom. The van der Waals surface area contributed by atoms with Gasteiger partial charge in [0.05, 0.1) is 5.75 Å². The van der Waals surface area contributed by atoms with Gasteiger partial charge in [-0.1, -0.05) is 6.07 Å². The van der Waals surface area contributed by atoms with Crippen LogP contribution in [-0.2, 0) is 4.79 Å². The van der Waals surface area contributed by atoms with Gasteiger partial charge in [0, 0.05) is 21.8 Å². The van der Waals surface area contributed by atoms with Gasteiger partial charge >= 0.3 is 0 Å². The van der Waals surface area contributed by atoms with Crippen molar-refractivity contribution < 1.29 is 9.59 Å². The Morgan fingerprint density at radius 1 is 1.10 bits per heavy atom. The zero-order valence-corrected chi connectivity index (χ0v) is 12.0. The smallest absolute Gasteiger partial charge is 0.248 e. The van der Waals surface area contributed by atoms with Gasteiger partial charge in [-0.3, -0.25) is 9.59 Å². The van der Waals surface area contributed by atoms with Crippen LogP contribution in [0.3, 0.4) is 0 Å². The number of nitrogens with two attached hydrogens (primary N) is 2. The van der Waals surface area contributed by atoms with Crippen molar-refractivity contribution >= 4 is 35.0 Å². The van der Waals surface area contributed by atoms with Crippen molar-refractivity contribution in [1.82, 2.24) is 0 Å². The molecule has 2 amide bonds. The maximum atomic E-state index is 11.8. The van der Waals surface area contributed by atoms with Crippen LogP contribution in [0.2, 0.25) is 0 Å². The Kier molecular flexibility index (Phi) is 4.84. The van der Waals surface area contributed by atoms with E-state index in [-0.39, 0.29) is 11.7 Å². The van der Waals surface area contributed by atoms with E-state index in [1.165, 1.54) is 11.8 Å². The van der Waals surface area contributed by atoms with Crippen molar-refractivity contribution in [2.75, 3.05) is 16.8 Å². The molecule has 0 aromatic heterocycles. The van der Waals surface area contributed by atoms with E-state index < -0.39 is 5.91 Å². The topological polar surface area (TPSA) is 98.2 Å². The van der Waals surface area contributed by atoms with Gasteiger partial charge in [-0.25, -0.2) is 0 Å². The third-order valence-corrected chi connectivity index (χ3v) is 3.67. The summed E-state index contributed by atoms with van der Waals surface area (Å²) in [6.07, 6.45) is 0. The molecule has 0 aliphatic rings. The summed E-state index contributed by atoms with van der Waals surface area (Å²) in [5, 5.41) is 2.75. The number of hydrogen-bond acceptors (Lipinski definition) is 4. The molecule has 0 fully saturated rings. The normalized spacial score (nSPS) is 10.1. The molecule has 0 atom stereocenters. The van der Waals surface area contributed by atoms with Crippen molar-refractivity contribution in [3.8, 4) is 0 Å². The van der Waals surface area contributed by atoms with Gasteiger partial charge in [0.25, 0.3) is 0 Å². The predicted molar refractivity (Wildman–Crippen MR) is 85.2 cm³/mol. The summed E-state index contributed by atoms with van der Waals surface area (Å²) in [4.78, 5) is 23.7. The first-order valence-electron chi connectivity index (χ1n) is 6.22. The summed E-state index contributed by atoms with van der Waals surface area (Å²) in [6, 6.07) is 13.8. The fourth-order valence-corrected chi connectivity index (χ4v) is 2.43. The Labute approximate surface area is 126 Å². The second-order valence-electron chi connectivity index (χ2n) is 4.35. The Hall–Kier alpha value is -2.47. The lowest BCUT2D eigenvalue weighted by atomic mass is 10.2. The predicted octanol–water partition coefficient (Wildman–Crippen LogP) is 2.10. The van der Waals surface area contributed by atoms with E-state index in [0.717, 1.165) is 4.90 Å². The molecule has 108 valence electrons. The number of primary amides is 1. The molecular formula is C15H15N3O2S. The highest BCUT2D eigenvalue weighted by Crippen LogP contribution is 2.20. The zero-order chi connectivity index (χ0) is 15.2. The summed E-state index contributed by atoms with van der Waals surface area (Å²) in [7, 11) is 0. The monoisotopic (exact) mass is 301 g/mol. The van der Waals surface area contributed by atoms with E-state index in [4.69, 9.17) is 11.5 Å². The van der Waals surface area contributed by atoms with Crippen LogP contribution in [0.1, 0.15) is 10.4 Å². The molecule has 0 heterocycles. The SMILES string of the molecule is NC(=O)c1ccc(NC(=O)CSc2cccc(N)c2)cc1. The van der Waals surface area contributed by atoms with Gasteiger partial charge in [0.1, 0.15) is 0 Å². The zero-order valence-electron chi connectivity index (χ0n) is 11.2. The molecule has 5 N–H and O–H groups in total. The molecule has 2 aromatic rings. The van der Waals surface area contributed by atoms with Gasteiger partial charge in [0.2, 0.25) is 11.8 Å². The number of nitrogens with one attached hydrogen (secondary N) is 1. The third-order valence-electron chi connectivity index (χ3n) is 2.68. The van der Waals surface area contributed by atoms with Crippen LogP contribution in [0.15, 0.2) is 53.4 Å². The summed E-state index contributed by atoms with van der Waals surface area (Å²) in [6.45, 7) is 0. The van der Waals surface area contributed by atoms with Crippen LogP contribution in [0.5, 0.6) is 0 Å². The summed E-state index contributed by atoms with van der Waals surface area (Å²) in [5.74, 6) is -0.347. The lowest BCUT2D eigenvalue weighted by molar-refractivity contribution is -0.113. The van der Waals surface area contributed by atoms with Crippen LogP contribution < -0.4 is 16.8 Å². The fraction of sp³-hybridized carbons (Fsp3) is 0.0667. The quantitative estimate of drug-likeness (QED) is 0.582. The van der Waals surface area contributed by atoms with Crippen LogP contribution in [0, 0.1) is 0 Å². The van der Waals surface area contributed by atoms with Gasteiger partial charge < -0.3 is 16.8 Å². The summed E-state index contributed by atoms with van der Waals surface area (Å²) in [5.41, 5.74) is 12.5. The Balaban J connectivity index is 1.88. The van der Waals surface area contributed by atoms with Gasteiger partial charge in [-0.2, -0.15) is 0 Å². The summed E-state index contributed by atoms with van der Waals surface area (Å²) >= 11 is 1.40. The molecule has 5 nitrogen and oxygen atoms in total. The first kappa shape index (κ1) is 14.9. The van der Waals surface area contributed by atoms with E-state index in [1.54, 1.807) is 30.3 Å². The van der Waals surface area contributed by atoms with Crippen molar-refractivity contribution in [3.63, 3.8) is 0 Å². The number of hydrogen-bond donors (Lipinski definition) is 3. The Bertz CT molecular complexity index is 656. The largest absolute Gasteiger partial charge is 0.399 e. The molecule has 6 heteroatoms. The van der Waals surface area contributed by atoms with Crippen LogP contribution >= 0.6 is 11.8 Å². The number of carbonyl (C=O) groups excluding carboxylic acids is 2. The molecule has 0 saturated carbocycles. The van der Waals surface area contributed by atoms with E-state index in [0.29, 0.717) is 16.9 Å². The van der Waals surface area contributed by atoms with Crippen molar-refractivity contribution in [2.24, 2.45) is 5.73 Å². The van der Waals surface area contributed by atoms with E-state index in [1.807, 2.05) is 18.2 Å². The Morgan fingerprint density at radius 2 is 1.81 bits per heavy atom. The molecule has 0 aliphatic heterocycles. The number of carbonyl (C=O) groups is 2. The van der Waals surface area contributed by atoms with Crippen LogP contribution in [-0.4, -0.2) is 17.6 Å². The second-order valence-corrected chi connectivity index (χ2v) is 5.40. The van der Waals surface area contributed by atoms with Crippen molar-refractivity contribution in [3.05, 3.63) is 54.1 Å². The number of amides is 2. The number of anilines is 2. The lowest BCUT2D eigenvalue weighted by Crippen LogP contribution is -2.15. The maximum Gasteiger partial charge on any atom is 0.248 e. The number of nitrogen functional groups attached to an aromatic ring is 1. The highest BCUT2D eigenvalue weighted by atomic mass is 32.2. The average molecular weight is 301 g/mol. The van der Waals surface area contributed by atoms with Gasteiger partial charge in [0.15, 0.2) is 0 Å². The minimum atomic E-state index is -0.495. The van der Waals surface area contributed by atoms with Crippen molar-refractivity contribution in [1.29, 1.82) is 0 Å². The molecule has 0 bridgehead atoms. The second kappa shape index (κ2) is 6.81. The maximum absolute atomic E-state index is 11.8. The molecule has 0 unspecified atom stereocenters. The highest BCUT2D eigenvalue weighted by Gasteiger charge is 2.05. The van der Waals surface area contributed by atoms with E-state index in [9.17, 15) is 9.59 Å². The molecule has 2 aromatic carbocycles. The molecule has 21 heavy (non-hydrogen) atoms. The molecular weight excluding hydrogens is 286 g/mol. The first-order chi connectivity index (χ1) is 10.0. The van der Waals surface area contributed by atoms with E-state index in [2.05, 4.69) is 5.32 Å². The number of benzene rings is 2. The average Bonchev–Trinajstić information content (AvgIpc) is 2.46. The van der Waals surface area contributed by atoms with Crippen molar-refractivity contribution in [2.45, 2.75) is 4.90 Å². The van der Waals surface area contributed by atoms with Gasteiger partial charge in [-0.05, 0) is 42.5 Å². The van der Waals surface area contributed by atoms with Crippen LogP contribution in [0.25, 0.3) is 0 Å².